The molecule has 2 N–H and O–H groups in total. The van der Waals surface area contributed by atoms with E-state index < -0.39 is 0 Å². The lowest BCUT2D eigenvalue weighted by Crippen LogP contribution is -2.28. The quantitative estimate of drug-likeness (QED) is 0.859. The van der Waals surface area contributed by atoms with Crippen molar-refractivity contribution in [1.29, 1.82) is 0 Å². The summed E-state index contributed by atoms with van der Waals surface area (Å²) >= 11 is 15.5. The third kappa shape index (κ3) is 2.65. The molecule has 5 heteroatoms. The Morgan fingerprint density at radius 1 is 1.25 bits per heavy atom. The van der Waals surface area contributed by atoms with Crippen molar-refractivity contribution < 1.29 is 5.11 Å². The van der Waals surface area contributed by atoms with Crippen LogP contribution < -0.4 is 5.32 Å². The Bertz CT molecular complexity index is 377. The van der Waals surface area contributed by atoms with E-state index in [4.69, 9.17) is 23.2 Å². The Balaban J connectivity index is 2.21. The molecular formula is C11H12BrCl2NO. The molecule has 0 radical (unpaired) electrons. The maximum atomic E-state index is 9.73. The summed E-state index contributed by atoms with van der Waals surface area (Å²) in [4.78, 5) is 0. The zero-order valence-corrected chi connectivity index (χ0v) is 11.6. The van der Waals surface area contributed by atoms with Crippen LogP contribution in [0.3, 0.4) is 0 Å². The van der Waals surface area contributed by atoms with Crippen LogP contribution in [0.1, 0.15) is 19.3 Å². The number of anilines is 1. The molecule has 1 saturated carbocycles. The zero-order chi connectivity index (χ0) is 11.7. The van der Waals surface area contributed by atoms with Gasteiger partial charge in [0.2, 0.25) is 0 Å². The predicted octanol–water partition coefficient (Wildman–Crippen LogP) is 4.08. The first kappa shape index (κ1) is 12.5. The van der Waals surface area contributed by atoms with Crippen molar-refractivity contribution in [3.63, 3.8) is 0 Å². The van der Waals surface area contributed by atoms with Crippen molar-refractivity contribution in [2.75, 3.05) is 5.32 Å². The molecule has 2 nitrogen and oxygen atoms in total. The first-order chi connectivity index (χ1) is 7.58. The standard InChI is InChI=1S/C11H12BrCl2NO/c12-6-4-7(13)11(8(14)5-6)15-9-2-1-3-10(9)16/h4-5,9-10,15-16H,1-3H2/t9-,10-/m1/s1. The van der Waals surface area contributed by atoms with Gasteiger partial charge in [0.15, 0.2) is 0 Å². The fraction of sp³-hybridized carbons (Fsp3) is 0.455. The number of hydrogen-bond donors (Lipinski definition) is 2. The molecular weight excluding hydrogens is 313 g/mol. The summed E-state index contributed by atoms with van der Waals surface area (Å²) in [6, 6.07) is 3.63. The van der Waals surface area contributed by atoms with Crippen LogP contribution in [-0.4, -0.2) is 17.3 Å². The number of rotatable bonds is 2. The molecule has 0 saturated heterocycles. The number of nitrogens with one attached hydrogen (secondary N) is 1. The molecule has 2 atom stereocenters. The van der Waals surface area contributed by atoms with E-state index >= 15 is 0 Å². The molecule has 1 aromatic rings. The van der Waals surface area contributed by atoms with Crippen molar-refractivity contribution in [2.24, 2.45) is 0 Å². The molecule has 1 aromatic carbocycles. The topological polar surface area (TPSA) is 32.3 Å². The largest absolute Gasteiger partial charge is 0.391 e. The van der Waals surface area contributed by atoms with Crippen LogP contribution in [0.5, 0.6) is 0 Å². The van der Waals surface area contributed by atoms with Crippen molar-refractivity contribution in [1.82, 2.24) is 0 Å². The maximum absolute atomic E-state index is 9.73. The second kappa shape index (κ2) is 5.13. The second-order valence-corrected chi connectivity index (χ2v) is 5.72. The minimum absolute atomic E-state index is 0.0520. The summed E-state index contributed by atoms with van der Waals surface area (Å²) in [5.74, 6) is 0. The Morgan fingerprint density at radius 3 is 2.38 bits per heavy atom. The van der Waals surface area contributed by atoms with Gasteiger partial charge in [-0.25, -0.2) is 0 Å². The normalized spacial score (nSPS) is 24.8. The van der Waals surface area contributed by atoms with Gasteiger partial charge in [-0.3, -0.25) is 0 Å². The number of hydrogen-bond acceptors (Lipinski definition) is 2. The average molecular weight is 325 g/mol. The lowest BCUT2D eigenvalue weighted by atomic mass is 10.2. The van der Waals surface area contributed by atoms with Crippen LogP contribution in [0.15, 0.2) is 16.6 Å². The van der Waals surface area contributed by atoms with Crippen molar-refractivity contribution >= 4 is 44.8 Å². The molecule has 0 bridgehead atoms. The third-order valence-corrected chi connectivity index (χ3v) is 3.87. The van der Waals surface area contributed by atoms with Gasteiger partial charge in [0, 0.05) is 4.47 Å². The van der Waals surface area contributed by atoms with Crippen molar-refractivity contribution in [2.45, 2.75) is 31.4 Å². The third-order valence-electron chi connectivity index (χ3n) is 2.82. The smallest absolute Gasteiger partial charge is 0.0741 e. The molecule has 2 rings (SSSR count). The Kier molecular flexibility index (Phi) is 4.01. The van der Waals surface area contributed by atoms with Crippen LogP contribution in [0.25, 0.3) is 0 Å². The molecule has 1 aliphatic rings. The Morgan fingerprint density at radius 2 is 1.88 bits per heavy atom. The molecule has 0 amide bonds. The van der Waals surface area contributed by atoms with Crippen molar-refractivity contribution in [3.8, 4) is 0 Å². The van der Waals surface area contributed by atoms with E-state index in [0.29, 0.717) is 15.7 Å². The number of aliphatic hydroxyl groups excluding tert-OH is 1. The van der Waals surface area contributed by atoms with Gasteiger partial charge in [0.05, 0.1) is 27.9 Å². The number of aliphatic hydroxyl groups is 1. The van der Waals surface area contributed by atoms with Gasteiger partial charge in [-0.1, -0.05) is 39.1 Å². The molecule has 0 heterocycles. The first-order valence-electron chi connectivity index (χ1n) is 5.17. The highest BCUT2D eigenvalue weighted by atomic mass is 79.9. The Hall–Kier alpha value is 0.0400. The molecule has 1 aliphatic carbocycles. The summed E-state index contributed by atoms with van der Waals surface area (Å²) < 4.78 is 0.847. The van der Waals surface area contributed by atoms with Gasteiger partial charge in [-0.15, -0.1) is 0 Å². The van der Waals surface area contributed by atoms with E-state index in [1.165, 1.54) is 0 Å². The van der Waals surface area contributed by atoms with Crippen LogP contribution in [-0.2, 0) is 0 Å². The molecule has 0 unspecified atom stereocenters. The first-order valence-corrected chi connectivity index (χ1v) is 6.72. The van der Waals surface area contributed by atoms with E-state index in [1.54, 1.807) is 12.1 Å². The van der Waals surface area contributed by atoms with E-state index in [-0.39, 0.29) is 12.1 Å². The highest BCUT2D eigenvalue weighted by Crippen LogP contribution is 2.36. The van der Waals surface area contributed by atoms with Gasteiger partial charge < -0.3 is 10.4 Å². The molecule has 16 heavy (non-hydrogen) atoms. The maximum Gasteiger partial charge on any atom is 0.0741 e. The number of halogens is 3. The van der Waals surface area contributed by atoms with Crippen LogP contribution in [0.4, 0.5) is 5.69 Å². The summed E-state index contributed by atoms with van der Waals surface area (Å²) in [5, 5.41) is 14.1. The molecule has 88 valence electrons. The zero-order valence-electron chi connectivity index (χ0n) is 8.51. The van der Waals surface area contributed by atoms with Gasteiger partial charge >= 0.3 is 0 Å². The monoisotopic (exact) mass is 323 g/mol. The molecule has 0 aliphatic heterocycles. The van der Waals surface area contributed by atoms with Crippen LogP contribution in [0, 0.1) is 0 Å². The lowest BCUT2D eigenvalue weighted by Gasteiger charge is -2.19. The minimum atomic E-state index is -0.309. The molecule has 1 fully saturated rings. The Labute approximate surface area is 113 Å². The van der Waals surface area contributed by atoms with Gasteiger partial charge in [0.1, 0.15) is 0 Å². The summed E-state index contributed by atoms with van der Waals surface area (Å²) in [7, 11) is 0. The van der Waals surface area contributed by atoms with E-state index in [9.17, 15) is 5.11 Å². The number of benzene rings is 1. The van der Waals surface area contributed by atoms with Gasteiger partial charge in [0.25, 0.3) is 0 Å². The summed E-state index contributed by atoms with van der Waals surface area (Å²) in [6.45, 7) is 0. The van der Waals surface area contributed by atoms with Gasteiger partial charge in [-0.05, 0) is 31.4 Å². The lowest BCUT2D eigenvalue weighted by molar-refractivity contribution is 0.172. The van der Waals surface area contributed by atoms with Crippen LogP contribution >= 0.6 is 39.1 Å². The fourth-order valence-electron chi connectivity index (χ4n) is 1.97. The summed E-state index contributed by atoms with van der Waals surface area (Å²) in [5.41, 5.74) is 0.706. The van der Waals surface area contributed by atoms with Crippen LogP contribution in [0.2, 0.25) is 10.0 Å². The fourth-order valence-corrected chi connectivity index (χ4v) is 3.29. The predicted molar refractivity (Wildman–Crippen MR) is 71.4 cm³/mol. The SMILES string of the molecule is O[C@@H]1CCC[C@H]1Nc1c(Cl)cc(Br)cc1Cl. The highest BCUT2D eigenvalue weighted by molar-refractivity contribution is 9.10. The molecule has 0 spiro atoms. The molecule has 0 aromatic heterocycles. The van der Waals surface area contributed by atoms with E-state index in [0.717, 1.165) is 23.7 Å². The summed E-state index contributed by atoms with van der Waals surface area (Å²) in [6.07, 6.45) is 2.51. The second-order valence-electron chi connectivity index (χ2n) is 3.99. The van der Waals surface area contributed by atoms with E-state index in [1.807, 2.05) is 0 Å². The van der Waals surface area contributed by atoms with Crippen molar-refractivity contribution in [3.05, 3.63) is 26.7 Å². The minimum Gasteiger partial charge on any atom is -0.391 e. The van der Waals surface area contributed by atoms with Gasteiger partial charge in [-0.2, -0.15) is 0 Å². The van der Waals surface area contributed by atoms with E-state index in [2.05, 4.69) is 21.2 Å². The highest BCUT2D eigenvalue weighted by Gasteiger charge is 2.26. The average Bonchev–Trinajstić information content (AvgIpc) is 2.57.